The molecule has 0 bridgehead atoms. The number of rotatable bonds is 3. The SMILES string of the molecule is Clc1ccc(C(c2ccc(Cl)cc2Cl)N2CCNCC2)cc1. The molecular weight excluding hydrogens is 339 g/mol. The van der Waals surface area contributed by atoms with Crippen LogP contribution in [-0.2, 0) is 0 Å². The molecule has 1 N–H and O–H groups in total. The number of benzene rings is 2. The Bertz CT molecular complexity index is 637. The zero-order valence-corrected chi connectivity index (χ0v) is 14.3. The molecular formula is C17H17Cl3N2. The average molecular weight is 356 g/mol. The number of piperazine rings is 1. The third kappa shape index (κ3) is 3.58. The van der Waals surface area contributed by atoms with Crippen LogP contribution in [0.3, 0.4) is 0 Å². The summed E-state index contributed by atoms with van der Waals surface area (Å²) in [6, 6.07) is 13.8. The minimum absolute atomic E-state index is 0.115. The van der Waals surface area contributed by atoms with Gasteiger partial charge in [0.05, 0.1) is 6.04 Å². The lowest BCUT2D eigenvalue weighted by molar-refractivity contribution is 0.198. The van der Waals surface area contributed by atoms with Crippen molar-refractivity contribution >= 4 is 34.8 Å². The van der Waals surface area contributed by atoms with E-state index in [0.717, 1.165) is 36.8 Å². The summed E-state index contributed by atoms with van der Waals surface area (Å²) in [5.41, 5.74) is 2.27. The van der Waals surface area contributed by atoms with E-state index < -0.39 is 0 Å². The maximum atomic E-state index is 6.47. The molecule has 0 aliphatic carbocycles. The first kappa shape index (κ1) is 16.1. The Morgan fingerprint density at radius 2 is 1.50 bits per heavy atom. The van der Waals surface area contributed by atoms with Crippen molar-refractivity contribution in [3.8, 4) is 0 Å². The van der Waals surface area contributed by atoms with Crippen LogP contribution in [0.15, 0.2) is 42.5 Å². The molecule has 0 spiro atoms. The molecule has 0 amide bonds. The second-order valence-corrected chi connectivity index (χ2v) is 6.69. The van der Waals surface area contributed by atoms with Gasteiger partial charge in [0, 0.05) is 41.2 Å². The fraction of sp³-hybridized carbons (Fsp3) is 0.294. The Balaban J connectivity index is 2.03. The van der Waals surface area contributed by atoms with Gasteiger partial charge in [-0.2, -0.15) is 0 Å². The number of hydrogen-bond acceptors (Lipinski definition) is 2. The van der Waals surface area contributed by atoms with Crippen LogP contribution >= 0.6 is 34.8 Å². The highest BCUT2D eigenvalue weighted by Gasteiger charge is 2.25. The molecule has 2 aromatic carbocycles. The zero-order chi connectivity index (χ0) is 15.5. The molecule has 3 rings (SSSR count). The van der Waals surface area contributed by atoms with Crippen molar-refractivity contribution in [1.82, 2.24) is 10.2 Å². The summed E-state index contributed by atoms with van der Waals surface area (Å²) in [4.78, 5) is 2.44. The second-order valence-electron chi connectivity index (χ2n) is 5.41. The van der Waals surface area contributed by atoms with Crippen molar-refractivity contribution in [2.24, 2.45) is 0 Å². The quantitative estimate of drug-likeness (QED) is 0.862. The minimum atomic E-state index is 0.115. The van der Waals surface area contributed by atoms with Crippen LogP contribution in [0, 0.1) is 0 Å². The van der Waals surface area contributed by atoms with Crippen LogP contribution in [0.2, 0.25) is 15.1 Å². The summed E-state index contributed by atoms with van der Waals surface area (Å²) in [5.74, 6) is 0. The molecule has 1 heterocycles. The molecule has 0 radical (unpaired) electrons. The van der Waals surface area contributed by atoms with Crippen LogP contribution in [0.1, 0.15) is 17.2 Å². The topological polar surface area (TPSA) is 15.3 Å². The highest BCUT2D eigenvalue weighted by Crippen LogP contribution is 2.35. The smallest absolute Gasteiger partial charge is 0.0617 e. The lowest BCUT2D eigenvalue weighted by Gasteiger charge is -2.36. The van der Waals surface area contributed by atoms with Crippen LogP contribution in [0.5, 0.6) is 0 Å². The van der Waals surface area contributed by atoms with Crippen molar-refractivity contribution in [2.45, 2.75) is 6.04 Å². The molecule has 1 unspecified atom stereocenters. The van der Waals surface area contributed by atoms with E-state index in [0.29, 0.717) is 10.0 Å². The lowest BCUT2D eigenvalue weighted by Crippen LogP contribution is -2.45. The molecule has 1 aliphatic heterocycles. The number of nitrogens with one attached hydrogen (secondary N) is 1. The van der Waals surface area contributed by atoms with Crippen molar-refractivity contribution in [3.05, 3.63) is 68.7 Å². The molecule has 1 saturated heterocycles. The molecule has 2 nitrogen and oxygen atoms in total. The Labute approximate surface area is 146 Å². The van der Waals surface area contributed by atoms with Gasteiger partial charge in [-0.15, -0.1) is 0 Å². The monoisotopic (exact) mass is 354 g/mol. The maximum absolute atomic E-state index is 6.47. The summed E-state index contributed by atoms with van der Waals surface area (Å²) >= 11 is 18.6. The van der Waals surface area contributed by atoms with Gasteiger partial charge < -0.3 is 5.32 Å². The Kier molecular flexibility index (Phi) is 5.27. The third-order valence-corrected chi connectivity index (χ3v) is 4.77. The van der Waals surface area contributed by atoms with E-state index in [-0.39, 0.29) is 6.04 Å². The first-order valence-electron chi connectivity index (χ1n) is 7.30. The van der Waals surface area contributed by atoms with Crippen molar-refractivity contribution in [3.63, 3.8) is 0 Å². The van der Waals surface area contributed by atoms with Gasteiger partial charge in [-0.05, 0) is 35.4 Å². The van der Waals surface area contributed by atoms with Gasteiger partial charge in [0.1, 0.15) is 0 Å². The first-order valence-corrected chi connectivity index (χ1v) is 8.44. The van der Waals surface area contributed by atoms with E-state index in [1.165, 1.54) is 5.56 Å². The van der Waals surface area contributed by atoms with E-state index in [2.05, 4.69) is 22.3 Å². The third-order valence-electron chi connectivity index (χ3n) is 3.96. The molecule has 0 saturated carbocycles. The molecule has 1 fully saturated rings. The Morgan fingerprint density at radius 1 is 0.864 bits per heavy atom. The standard InChI is InChI=1S/C17H17Cl3N2/c18-13-3-1-12(2-4-13)17(22-9-7-21-8-10-22)15-6-5-14(19)11-16(15)20/h1-6,11,17,21H,7-10H2. The fourth-order valence-electron chi connectivity index (χ4n) is 2.90. The molecule has 2 aromatic rings. The van der Waals surface area contributed by atoms with E-state index in [9.17, 15) is 0 Å². The first-order chi connectivity index (χ1) is 10.6. The minimum Gasteiger partial charge on any atom is -0.314 e. The van der Waals surface area contributed by atoms with E-state index >= 15 is 0 Å². The normalized spacial score (nSPS) is 17.4. The number of hydrogen-bond donors (Lipinski definition) is 1. The van der Waals surface area contributed by atoms with E-state index in [4.69, 9.17) is 34.8 Å². The van der Waals surface area contributed by atoms with Gasteiger partial charge in [0.15, 0.2) is 0 Å². The van der Waals surface area contributed by atoms with Gasteiger partial charge in [0.2, 0.25) is 0 Å². The van der Waals surface area contributed by atoms with Crippen LogP contribution in [0.4, 0.5) is 0 Å². The maximum Gasteiger partial charge on any atom is 0.0617 e. The van der Waals surface area contributed by atoms with Crippen molar-refractivity contribution in [1.29, 1.82) is 0 Å². The summed E-state index contributed by atoms with van der Waals surface area (Å²) < 4.78 is 0. The predicted molar refractivity (Wildman–Crippen MR) is 94.2 cm³/mol. The van der Waals surface area contributed by atoms with Crippen LogP contribution in [0.25, 0.3) is 0 Å². The molecule has 1 atom stereocenters. The van der Waals surface area contributed by atoms with Crippen molar-refractivity contribution < 1.29 is 0 Å². The highest BCUT2D eigenvalue weighted by atomic mass is 35.5. The van der Waals surface area contributed by atoms with Gasteiger partial charge in [-0.3, -0.25) is 4.90 Å². The summed E-state index contributed by atoms with van der Waals surface area (Å²) in [5, 5.41) is 5.49. The van der Waals surface area contributed by atoms with Crippen molar-refractivity contribution in [2.75, 3.05) is 26.2 Å². The largest absolute Gasteiger partial charge is 0.314 e. The Morgan fingerprint density at radius 3 is 2.14 bits per heavy atom. The fourth-order valence-corrected chi connectivity index (χ4v) is 3.53. The number of nitrogens with zero attached hydrogens (tertiary/aromatic N) is 1. The Hall–Kier alpha value is -0.770. The van der Waals surface area contributed by atoms with Gasteiger partial charge in [0.25, 0.3) is 0 Å². The van der Waals surface area contributed by atoms with Crippen LogP contribution < -0.4 is 5.32 Å². The van der Waals surface area contributed by atoms with E-state index in [1.807, 2.05) is 30.3 Å². The van der Waals surface area contributed by atoms with Gasteiger partial charge in [-0.1, -0.05) is 53.0 Å². The molecule has 22 heavy (non-hydrogen) atoms. The van der Waals surface area contributed by atoms with Gasteiger partial charge in [-0.25, -0.2) is 0 Å². The lowest BCUT2D eigenvalue weighted by atomic mass is 9.96. The highest BCUT2D eigenvalue weighted by molar-refractivity contribution is 6.35. The predicted octanol–water partition coefficient (Wildman–Crippen LogP) is 4.64. The molecule has 116 valence electrons. The molecule has 0 aromatic heterocycles. The summed E-state index contributed by atoms with van der Waals surface area (Å²) in [7, 11) is 0. The summed E-state index contributed by atoms with van der Waals surface area (Å²) in [6.07, 6.45) is 0. The van der Waals surface area contributed by atoms with E-state index in [1.54, 1.807) is 0 Å². The van der Waals surface area contributed by atoms with Crippen LogP contribution in [-0.4, -0.2) is 31.1 Å². The molecule has 1 aliphatic rings. The molecule has 5 heteroatoms. The van der Waals surface area contributed by atoms with Gasteiger partial charge >= 0.3 is 0 Å². The number of halogens is 3. The second kappa shape index (κ2) is 7.20. The zero-order valence-electron chi connectivity index (χ0n) is 12.0. The summed E-state index contributed by atoms with van der Waals surface area (Å²) in [6.45, 7) is 3.92. The average Bonchev–Trinajstić information content (AvgIpc) is 2.52.